The van der Waals surface area contributed by atoms with E-state index in [4.69, 9.17) is 0 Å². The number of nitrogens with zero attached hydrogens (tertiary/aromatic N) is 2. The zero-order chi connectivity index (χ0) is 21.7. The number of halogens is 1. The molecule has 1 aromatic carbocycles. The molecule has 9 nitrogen and oxygen atoms in total. The molecule has 1 atom stereocenters. The van der Waals surface area contributed by atoms with E-state index in [2.05, 4.69) is 0 Å². The molecule has 0 spiro atoms. The molecule has 1 amide bonds. The van der Waals surface area contributed by atoms with Crippen LogP contribution in [0.4, 0.5) is 10.1 Å². The average Bonchev–Trinajstić information content (AvgIpc) is 3.47. The number of piperidine rings is 1. The van der Waals surface area contributed by atoms with Gasteiger partial charge in [-0.05, 0) is 62.1 Å². The van der Waals surface area contributed by atoms with E-state index in [1.807, 2.05) is 0 Å². The Bertz CT molecular complexity index is 1050. The standard InChI is InChI=1S/C18H24FN3O6S2/c19-15-8-13(9-16(23)18(15)22-11-17(24)20-30(22,27)28)4-3-12-2-1-7-21(10-12)29(25,26)14-5-6-14/h8-9,12,14,23H,1-7,10-11H2,(H,20,24)/t12-/m1/s1. The number of aryl methyl sites for hydroxylation is 1. The van der Waals surface area contributed by atoms with Crippen LogP contribution >= 0.6 is 0 Å². The number of carbonyl (C=O) groups excluding carboxylic acids is 1. The fraction of sp³-hybridized carbons (Fsp3) is 0.611. The molecule has 4 rings (SSSR count). The van der Waals surface area contributed by atoms with Gasteiger partial charge in [0.05, 0.1) is 5.25 Å². The molecule has 166 valence electrons. The van der Waals surface area contributed by atoms with Crippen molar-refractivity contribution in [3.63, 3.8) is 0 Å². The van der Waals surface area contributed by atoms with Crippen molar-refractivity contribution in [3.05, 3.63) is 23.5 Å². The number of carbonyl (C=O) groups is 1. The van der Waals surface area contributed by atoms with E-state index in [-0.39, 0.29) is 11.2 Å². The summed E-state index contributed by atoms with van der Waals surface area (Å²) in [6, 6.07) is 2.44. The maximum atomic E-state index is 14.6. The molecule has 0 bridgehead atoms. The first kappa shape index (κ1) is 21.3. The van der Waals surface area contributed by atoms with Gasteiger partial charge in [0.15, 0.2) is 5.82 Å². The Balaban J connectivity index is 1.44. The molecule has 2 saturated heterocycles. The Hall–Kier alpha value is -1.92. The van der Waals surface area contributed by atoms with Gasteiger partial charge in [-0.3, -0.25) is 4.79 Å². The Labute approximate surface area is 175 Å². The van der Waals surface area contributed by atoms with Crippen molar-refractivity contribution in [2.24, 2.45) is 5.92 Å². The van der Waals surface area contributed by atoms with Gasteiger partial charge in [-0.2, -0.15) is 8.42 Å². The summed E-state index contributed by atoms with van der Waals surface area (Å²) in [6.45, 7) is 0.390. The Kier molecular flexibility index (Phi) is 5.43. The summed E-state index contributed by atoms with van der Waals surface area (Å²) in [4.78, 5) is 11.4. The highest BCUT2D eigenvalue weighted by Gasteiger charge is 2.41. The molecule has 2 heterocycles. The average molecular weight is 462 g/mol. The maximum Gasteiger partial charge on any atom is 0.326 e. The van der Waals surface area contributed by atoms with Crippen molar-refractivity contribution in [3.8, 4) is 5.75 Å². The fourth-order valence-corrected chi connectivity index (χ4v) is 7.24. The lowest BCUT2D eigenvalue weighted by molar-refractivity contribution is -0.117. The fourth-order valence-electron chi connectivity index (χ4n) is 4.12. The molecule has 0 aromatic heterocycles. The molecule has 0 radical (unpaired) electrons. The van der Waals surface area contributed by atoms with Gasteiger partial charge in [-0.25, -0.2) is 26.1 Å². The van der Waals surface area contributed by atoms with Crippen molar-refractivity contribution in [2.45, 2.75) is 43.8 Å². The summed E-state index contributed by atoms with van der Waals surface area (Å²) in [5, 5.41) is 9.99. The van der Waals surface area contributed by atoms with Crippen molar-refractivity contribution in [2.75, 3.05) is 23.9 Å². The van der Waals surface area contributed by atoms with Gasteiger partial charge in [0.1, 0.15) is 18.0 Å². The molecule has 1 saturated carbocycles. The zero-order valence-electron chi connectivity index (χ0n) is 16.3. The van der Waals surface area contributed by atoms with Gasteiger partial charge in [-0.1, -0.05) is 0 Å². The third-order valence-corrected chi connectivity index (χ3v) is 9.54. The minimum atomic E-state index is -4.23. The molecule has 1 aliphatic carbocycles. The second-order valence-electron chi connectivity index (χ2n) is 8.13. The largest absolute Gasteiger partial charge is 0.506 e. The third-order valence-electron chi connectivity index (χ3n) is 5.80. The predicted octanol–water partition coefficient (Wildman–Crippen LogP) is 0.849. The lowest BCUT2D eigenvalue weighted by Gasteiger charge is -2.32. The van der Waals surface area contributed by atoms with Crippen LogP contribution in [0.15, 0.2) is 12.1 Å². The number of anilines is 1. The first-order valence-electron chi connectivity index (χ1n) is 9.91. The van der Waals surface area contributed by atoms with Crippen molar-refractivity contribution >= 4 is 31.8 Å². The summed E-state index contributed by atoms with van der Waals surface area (Å²) in [5.41, 5.74) is -0.0803. The number of benzene rings is 1. The lowest BCUT2D eigenvalue weighted by Crippen LogP contribution is -2.41. The van der Waals surface area contributed by atoms with Crippen LogP contribution in [0, 0.1) is 11.7 Å². The van der Waals surface area contributed by atoms with Crippen LogP contribution in [0.5, 0.6) is 5.75 Å². The van der Waals surface area contributed by atoms with Gasteiger partial charge in [0.2, 0.25) is 10.0 Å². The van der Waals surface area contributed by atoms with Gasteiger partial charge in [0.25, 0.3) is 5.91 Å². The number of hydrogen-bond donors (Lipinski definition) is 2. The molecule has 3 aliphatic rings. The van der Waals surface area contributed by atoms with E-state index in [0.29, 0.717) is 35.8 Å². The van der Waals surface area contributed by atoms with Gasteiger partial charge in [0, 0.05) is 13.1 Å². The summed E-state index contributed by atoms with van der Waals surface area (Å²) < 4.78 is 67.2. The number of amides is 1. The number of aromatic hydroxyl groups is 1. The molecule has 1 aromatic rings. The molecule has 2 N–H and O–H groups in total. The normalized spacial score (nSPS) is 24.8. The number of nitrogens with one attached hydrogen (secondary N) is 1. The van der Waals surface area contributed by atoms with E-state index in [9.17, 15) is 31.1 Å². The second kappa shape index (κ2) is 7.65. The lowest BCUT2D eigenvalue weighted by atomic mass is 9.92. The minimum absolute atomic E-state index is 0.137. The first-order chi connectivity index (χ1) is 14.1. The van der Waals surface area contributed by atoms with Crippen LogP contribution in [-0.2, 0) is 31.4 Å². The predicted molar refractivity (Wildman–Crippen MR) is 107 cm³/mol. The van der Waals surface area contributed by atoms with Gasteiger partial charge in [-0.15, -0.1) is 0 Å². The van der Waals surface area contributed by atoms with Crippen molar-refractivity contribution in [1.29, 1.82) is 0 Å². The maximum absolute atomic E-state index is 14.6. The highest BCUT2D eigenvalue weighted by atomic mass is 32.2. The SMILES string of the molecule is O=C1CN(c2c(O)cc(CC[C@H]3CCCN(S(=O)(=O)C4CC4)C3)cc2F)S(=O)(=O)N1. The summed E-state index contributed by atoms with van der Waals surface area (Å²) in [7, 11) is -7.44. The van der Waals surface area contributed by atoms with Crippen LogP contribution in [0.1, 0.15) is 37.7 Å². The van der Waals surface area contributed by atoms with E-state index < -0.39 is 49.9 Å². The first-order valence-corrected chi connectivity index (χ1v) is 12.9. The number of sulfonamides is 1. The number of phenolic OH excluding ortho intramolecular Hbond substituents is 1. The Morgan fingerprint density at radius 1 is 1.23 bits per heavy atom. The van der Waals surface area contributed by atoms with Crippen molar-refractivity contribution < 1.29 is 31.1 Å². The van der Waals surface area contributed by atoms with Crippen LogP contribution in [0.25, 0.3) is 0 Å². The highest BCUT2D eigenvalue weighted by molar-refractivity contribution is 7.92. The summed E-state index contributed by atoms with van der Waals surface area (Å²) >= 11 is 0. The smallest absolute Gasteiger partial charge is 0.326 e. The molecular weight excluding hydrogens is 437 g/mol. The van der Waals surface area contributed by atoms with Crippen LogP contribution in [0.3, 0.4) is 0 Å². The van der Waals surface area contributed by atoms with E-state index in [1.165, 1.54) is 6.07 Å². The molecule has 30 heavy (non-hydrogen) atoms. The van der Waals surface area contributed by atoms with E-state index in [1.54, 1.807) is 9.03 Å². The Morgan fingerprint density at radius 2 is 1.97 bits per heavy atom. The second-order valence-corrected chi connectivity index (χ2v) is 11.9. The number of phenols is 1. The Morgan fingerprint density at radius 3 is 2.57 bits per heavy atom. The van der Waals surface area contributed by atoms with Crippen LogP contribution < -0.4 is 9.03 Å². The highest BCUT2D eigenvalue weighted by Crippen LogP contribution is 2.36. The van der Waals surface area contributed by atoms with E-state index in [0.717, 1.165) is 31.7 Å². The molecular formula is C18H24FN3O6S2. The van der Waals surface area contributed by atoms with Crippen molar-refractivity contribution in [1.82, 2.24) is 9.03 Å². The van der Waals surface area contributed by atoms with Crippen LogP contribution in [-0.4, -0.2) is 57.0 Å². The van der Waals surface area contributed by atoms with Gasteiger partial charge < -0.3 is 5.11 Å². The summed E-state index contributed by atoms with van der Waals surface area (Å²) in [6.07, 6.45) is 4.14. The van der Waals surface area contributed by atoms with Crippen LogP contribution in [0.2, 0.25) is 0 Å². The zero-order valence-corrected chi connectivity index (χ0v) is 17.9. The minimum Gasteiger partial charge on any atom is -0.506 e. The molecule has 3 fully saturated rings. The monoisotopic (exact) mass is 461 g/mol. The topological polar surface area (TPSA) is 124 Å². The molecule has 0 unspecified atom stereocenters. The quantitative estimate of drug-likeness (QED) is 0.647. The summed E-state index contributed by atoms with van der Waals surface area (Å²) in [5.74, 6) is -2.17. The number of rotatable bonds is 6. The van der Waals surface area contributed by atoms with Gasteiger partial charge >= 0.3 is 10.2 Å². The number of hydrogen-bond acceptors (Lipinski definition) is 6. The van der Waals surface area contributed by atoms with E-state index >= 15 is 0 Å². The molecule has 2 aliphatic heterocycles. The molecule has 12 heteroatoms. The third kappa shape index (κ3) is 4.12.